The van der Waals surface area contributed by atoms with E-state index in [2.05, 4.69) is 62.4 Å². The molecule has 0 heterocycles. The van der Waals surface area contributed by atoms with Crippen molar-refractivity contribution in [2.45, 2.75) is 74.7 Å². The summed E-state index contributed by atoms with van der Waals surface area (Å²) in [6, 6.07) is 17.4. The van der Waals surface area contributed by atoms with E-state index in [1.807, 2.05) is 55.4 Å². The number of hydrogen-bond acceptors (Lipinski definition) is 2. The highest BCUT2D eigenvalue weighted by molar-refractivity contribution is 5.80. The summed E-state index contributed by atoms with van der Waals surface area (Å²) in [6.45, 7) is 20.6. The summed E-state index contributed by atoms with van der Waals surface area (Å²) in [4.78, 5) is 0. The zero-order valence-corrected chi connectivity index (χ0v) is 20.0. The van der Waals surface area contributed by atoms with Gasteiger partial charge in [-0.15, -0.1) is 0 Å². The Morgan fingerprint density at radius 1 is 0.481 bits per heavy atom. The minimum atomic E-state index is 0.160. The monoisotopic (exact) mass is 378 g/mol. The number of fused-ring (bicyclic) bond motifs is 3. The van der Waals surface area contributed by atoms with E-state index in [0.717, 1.165) is 14.2 Å². The van der Waals surface area contributed by atoms with Crippen molar-refractivity contribution in [2.75, 3.05) is 14.2 Å². The number of rotatable bonds is 0. The molecule has 2 aromatic rings. The van der Waals surface area contributed by atoms with Crippen LogP contribution in [-0.4, -0.2) is 24.4 Å². The maximum atomic E-state index is 7.00. The van der Waals surface area contributed by atoms with Crippen molar-refractivity contribution in [1.29, 1.82) is 0 Å². The smallest absolute Gasteiger partial charge is 0.0319 e. The third kappa shape index (κ3) is 9.21. The first-order chi connectivity index (χ1) is 13.2. The predicted molar refractivity (Wildman–Crippen MR) is 126 cm³/mol. The van der Waals surface area contributed by atoms with Gasteiger partial charge in [-0.3, -0.25) is 0 Å². The van der Waals surface area contributed by atoms with Crippen LogP contribution in [0.4, 0.5) is 0 Å². The molecular weight excluding hydrogens is 332 g/mol. The average Bonchev–Trinajstić information content (AvgIpc) is 3.04. The number of benzene rings is 2. The van der Waals surface area contributed by atoms with E-state index in [1.165, 1.54) is 22.3 Å². The molecule has 2 heteroatoms. The van der Waals surface area contributed by atoms with Gasteiger partial charge in [0.25, 0.3) is 0 Å². The Bertz CT molecular complexity index is 484. The van der Waals surface area contributed by atoms with Crippen LogP contribution in [0.15, 0.2) is 48.5 Å². The molecule has 0 unspecified atom stereocenters. The minimum Gasteiger partial charge on any atom is -0.400 e. The van der Waals surface area contributed by atoms with Gasteiger partial charge in [0, 0.05) is 19.6 Å². The number of hydrogen-bond donors (Lipinski definition) is 2. The molecule has 0 spiro atoms. The Balaban J connectivity index is -0.000000191. The summed E-state index contributed by atoms with van der Waals surface area (Å²) in [5.74, 6) is 0. The van der Waals surface area contributed by atoms with Crippen molar-refractivity contribution in [1.82, 2.24) is 0 Å². The van der Waals surface area contributed by atoms with Crippen LogP contribution < -0.4 is 0 Å². The summed E-state index contributed by atoms with van der Waals surface area (Å²) >= 11 is 0. The fourth-order valence-electron chi connectivity index (χ4n) is 2.67. The normalized spacial score (nSPS) is 10.1. The molecule has 3 rings (SSSR count). The van der Waals surface area contributed by atoms with Crippen LogP contribution in [0.1, 0.15) is 80.4 Å². The molecule has 158 valence electrons. The number of aliphatic hydroxyl groups excluding tert-OH is 2. The maximum Gasteiger partial charge on any atom is 0.0319 e. The fraction of sp³-hybridized carbons (Fsp3) is 0.520. The molecule has 0 saturated heterocycles. The summed E-state index contributed by atoms with van der Waals surface area (Å²) < 4.78 is 0. The molecule has 0 atom stereocenters. The largest absolute Gasteiger partial charge is 0.400 e. The molecule has 1 aliphatic rings. The lowest BCUT2D eigenvalue weighted by atomic mass is 9.82. The molecule has 0 saturated carbocycles. The Kier molecular flexibility index (Phi) is 27.4. The van der Waals surface area contributed by atoms with Gasteiger partial charge >= 0.3 is 0 Å². The standard InChI is InChI=1S/C15H14.4C2H6.2CH4O/c1-15(2)13-9-5-3-7-11(13)12-8-4-6-10-14(12)15;6*1-2/h3-10H,1-2H3;4*1-2H3;2*2H,1H3. The van der Waals surface area contributed by atoms with Crippen LogP contribution in [-0.2, 0) is 5.41 Å². The molecule has 0 amide bonds. The van der Waals surface area contributed by atoms with E-state index in [-0.39, 0.29) is 5.41 Å². The molecule has 2 N–H and O–H groups in total. The predicted octanol–water partition coefficient (Wildman–Crippen LogP) is 7.31. The van der Waals surface area contributed by atoms with Gasteiger partial charge < -0.3 is 10.2 Å². The van der Waals surface area contributed by atoms with Crippen LogP contribution in [0, 0.1) is 0 Å². The highest BCUT2D eigenvalue weighted by Gasteiger charge is 2.34. The molecule has 2 nitrogen and oxygen atoms in total. The van der Waals surface area contributed by atoms with Crippen molar-refractivity contribution < 1.29 is 10.2 Å². The van der Waals surface area contributed by atoms with Crippen LogP contribution in [0.5, 0.6) is 0 Å². The van der Waals surface area contributed by atoms with Crippen LogP contribution in [0.3, 0.4) is 0 Å². The zero-order chi connectivity index (χ0) is 22.5. The quantitative estimate of drug-likeness (QED) is 0.504. The summed E-state index contributed by atoms with van der Waals surface area (Å²) in [6.07, 6.45) is 0. The van der Waals surface area contributed by atoms with Crippen molar-refractivity contribution in [3.63, 3.8) is 0 Å². The van der Waals surface area contributed by atoms with Crippen molar-refractivity contribution in [2.24, 2.45) is 0 Å². The van der Waals surface area contributed by atoms with E-state index >= 15 is 0 Å². The van der Waals surface area contributed by atoms with Gasteiger partial charge in [-0.1, -0.05) is 118 Å². The van der Waals surface area contributed by atoms with Crippen LogP contribution in [0.25, 0.3) is 11.1 Å². The van der Waals surface area contributed by atoms with Crippen molar-refractivity contribution in [3.05, 3.63) is 59.7 Å². The molecular formula is C25H46O2. The maximum absolute atomic E-state index is 7.00. The second-order valence-electron chi connectivity index (χ2n) is 4.72. The van der Waals surface area contributed by atoms with Gasteiger partial charge in [-0.25, -0.2) is 0 Å². The summed E-state index contributed by atoms with van der Waals surface area (Å²) in [5.41, 5.74) is 5.86. The van der Waals surface area contributed by atoms with E-state index in [4.69, 9.17) is 10.2 Å². The second kappa shape index (κ2) is 22.4. The topological polar surface area (TPSA) is 40.5 Å². The lowest BCUT2D eigenvalue weighted by Gasteiger charge is -2.20. The Hall–Kier alpha value is -1.64. The molecule has 1 aliphatic carbocycles. The first-order valence-electron chi connectivity index (χ1n) is 10.3. The second-order valence-corrected chi connectivity index (χ2v) is 4.72. The molecule has 0 bridgehead atoms. The lowest BCUT2D eigenvalue weighted by Crippen LogP contribution is -2.14. The third-order valence-corrected chi connectivity index (χ3v) is 3.49. The fourth-order valence-corrected chi connectivity index (χ4v) is 2.67. The summed E-state index contributed by atoms with van der Waals surface area (Å²) in [7, 11) is 2.00. The van der Waals surface area contributed by atoms with E-state index in [0.29, 0.717) is 0 Å². The first kappa shape index (κ1) is 33.0. The van der Waals surface area contributed by atoms with E-state index < -0.39 is 0 Å². The number of aliphatic hydroxyl groups is 2. The van der Waals surface area contributed by atoms with Gasteiger partial charge in [0.2, 0.25) is 0 Å². The third-order valence-electron chi connectivity index (χ3n) is 3.49. The van der Waals surface area contributed by atoms with Crippen molar-refractivity contribution >= 4 is 0 Å². The zero-order valence-electron chi connectivity index (χ0n) is 20.0. The molecule has 2 aromatic carbocycles. The molecule has 27 heavy (non-hydrogen) atoms. The average molecular weight is 379 g/mol. The van der Waals surface area contributed by atoms with Gasteiger partial charge in [-0.05, 0) is 22.3 Å². The highest BCUT2D eigenvalue weighted by Crippen LogP contribution is 2.47. The van der Waals surface area contributed by atoms with E-state index in [9.17, 15) is 0 Å². The molecule has 0 aromatic heterocycles. The lowest BCUT2D eigenvalue weighted by molar-refractivity contribution is 0.399. The molecule has 0 fully saturated rings. The minimum absolute atomic E-state index is 0.160. The first-order valence-corrected chi connectivity index (χ1v) is 10.3. The Morgan fingerprint density at radius 2 is 0.704 bits per heavy atom. The van der Waals surface area contributed by atoms with Gasteiger partial charge in [0.05, 0.1) is 0 Å². The highest BCUT2D eigenvalue weighted by atomic mass is 16.2. The van der Waals surface area contributed by atoms with Gasteiger partial charge in [0.1, 0.15) is 0 Å². The van der Waals surface area contributed by atoms with Gasteiger partial charge in [0.15, 0.2) is 0 Å². The summed E-state index contributed by atoms with van der Waals surface area (Å²) in [5, 5.41) is 14.0. The SMILES string of the molecule is CC.CC.CC.CC.CC1(C)c2ccccc2-c2ccccc21.CO.CO. The van der Waals surface area contributed by atoms with Gasteiger partial charge in [-0.2, -0.15) is 0 Å². The molecule has 0 radical (unpaired) electrons. The Morgan fingerprint density at radius 3 is 0.963 bits per heavy atom. The van der Waals surface area contributed by atoms with Crippen LogP contribution >= 0.6 is 0 Å². The van der Waals surface area contributed by atoms with Crippen molar-refractivity contribution in [3.8, 4) is 11.1 Å². The van der Waals surface area contributed by atoms with E-state index in [1.54, 1.807) is 0 Å². The Labute approximate surface area is 170 Å². The van der Waals surface area contributed by atoms with Crippen LogP contribution in [0.2, 0.25) is 0 Å². The molecule has 0 aliphatic heterocycles.